The zero-order valence-electron chi connectivity index (χ0n) is 21.2. The zero-order valence-corrected chi connectivity index (χ0v) is 23.0. The van der Waals surface area contributed by atoms with Crippen LogP contribution in [0.1, 0.15) is 77.9 Å². The second-order valence-corrected chi connectivity index (χ2v) is 16.4. The van der Waals surface area contributed by atoms with E-state index in [2.05, 4.69) is 57.9 Å². The molecule has 1 aromatic heterocycles. The Kier molecular flexibility index (Phi) is 11.3. The monoisotopic (exact) mass is 467 g/mol. The van der Waals surface area contributed by atoms with Crippen LogP contribution in [-0.4, -0.2) is 36.4 Å². The van der Waals surface area contributed by atoms with E-state index in [9.17, 15) is 9.90 Å². The number of rotatable bonds is 13. The molecule has 0 radical (unpaired) electrons. The molecule has 0 saturated carbocycles. The van der Waals surface area contributed by atoms with Gasteiger partial charge >= 0.3 is 0 Å². The molecule has 0 spiro atoms. The minimum atomic E-state index is -2.05. The number of allylic oxidation sites excluding steroid dienone is 2. The molecule has 0 fully saturated rings. The van der Waals surface area contributed by atoms with Crippen LogP contribution in [0.25, 0.3) is 0 Å². The van der Waals surface area contributed by atoms with Crippen molar-refractivity contribution in [2.75, 3.05) is 0 Å². The first-order valence-electron chi connectivity index (χ1n) is 11.7. The van der Waals surface area contributed by atoms with Crippen LogP contribution < -0.4 is 0 Å². The fourth-order valence-corrected chi connectivity index (χ4v) is 5.43. The average molecular weight is 468 g/mol. The maximum absolute atomic E-state index is 12.9. The summed E-state index contributed by atoms with van der Waals surface area (Å²) < 4.78 is 6.62. The molecule has 178 valence electrons. The molecule has 0 aliphatic carbocycles. The number of aliphatic hydroxyl groups is 1. The summed E-state index contributed by atoms with van der Waals surface area (Å²) in [6.07, 6.45) is 6.83. The van der Waals surface area contributed by atoms with Gasteiger partial charge in [-0.15, -0.1) is 11.3 Å². The highest BCUT2D eigenvalue weighted by Gasteiger charge is 2.40. The number of thiazole rings is 1. The topological polar surface area (TPSA) is 59.4 Å². The third-order valence-electron chi connectivity index (χ3n) is 6.49. The van der Waals surface area contributed by atoms with E-state index in [1.807, 2.05) is 26.2 Å². The molecule has 6 heteroatoms. The molecule has 0 bridgehead atoms. The van der Waals surface area contributed by atoms with E-state index < -0.39 is 14.4 Å². The van der Waals surface area contributed by atoms with Crippen LogP contribution in [0.2, 0.25) is 18.1 Å². The number of carbonyl (C=O) groups excluding carboxylic acids is 1. The van der Waals surface area contributed by atoms with Gasteiger partial charge in [0, 0.05) is 17.7 Å². The Morgan fingerprint density at radius 2 is 1.94 bits per heavy atom. The second-order valence-electron chi connectivity index (χ2n) is 10.6. The van der Waals surface area contributed by atoms with Gasteiger partial charge in [0.05, 0.1) is 22.9 Å². The molecule has 0 aliphatic rings. The van der Waals surface area contributed by atoms with Gasteiger partial charge in [-0.2, -0.15) is 0 Å². The molecular weight excluding hydrogens is 422 g/mol. The molecule has 0 aromatic carbocycles. The lowest BCUT2D eigenvalue weighted by Crippen LogP contribution is -2.47. The lowest BCUT2D eigenvalue weighted by atomic mass is 9.93. The van der Waals surface area contributed by atoms with Gasteiger partial charge in [0.2, 0.25) is 0 Å². The van der Waals surface area contributed by atoms with E-state index in [0.717, 1.165) is 30.0 Å². The van der Waals surface area contributed by atoms with E-state index in [-0.39, 0.29) is 29.3 Å². The summed E-state index contributed by atoms with van der Waals surface area (Å²) >= 11 is 1.61. The summed E-state index contributed by atoms with van der Waals surface area (Å²) in [5.74, 6) is 0.447. The molecule has 31 heavy (non-hydrogen) atoms. The Bertz CT molecular complexity index is 708. The SMILES string of the molecule is C/C=C\[C@@H](C)CCC[C@@H](O[Si](C)(C)C(C)(C)C)[C@H](O)CC(=O)C(C)Cc1csc(C)n1. The Hall–Kier alpha value is -0.823. The standard InChI is InChI=1S/C25H45NO3SSi/c1-10-12-18(2)13-11-14-24(29-31(8,9)25(5,6)7)23(28)16-22(27)19(3)15-21-17-30-20(4)26-21/h10,12,17-19,23-24,28H,11,13-16H2,1-9H3/b12-10-/t18-,19?,23-,24-/m1/s1. The molecule has 1 rings (SSSR count). The van der Waals surface area contributed by atoms with Gasteiger partial charge in [-0.05, 0) is 57.2 Å². The summed E-state index contributed by atoms with van der Waals surface area (Å²) in [5, 5.41) is 14.1. The van der Waals surface area contributed by atoms with Gasteiger partial charge in [-0.1, -0.05) is 53.2 Å². The zero-order chi connectivity index (χ0) is 23.8. The highest BCUT2D eigenvalue weighted by molar-refractivity contribution is 7.09. The Labute approximate surface area is 195 Å². The summed E-state index contributed by atoms with van der Waals surface area (Å²) in [4.78, 5) is 17.3. The van der Waals surface area contributed by atoms with Crippen molar-refractivity contribution in [3.63, 3.8) is 0 Å². The van der Waals surface area contributed by atoms with Gasteiger partial charge < -0.3 is 9.53 Å². The minimum absolute atomic E-state index is 0.0585. The van der Waals surface area contributed by atoms with Crippen LogP contribution in [0, 0.1) is 18.8 Å². The molecule has 1 unspecified atom stereocenters. The highest BCUT2D eigenvalue weighted by Crippen LogP contribution is 2.38. The van der Waals surface area contributed by atoms with Gasteiger partial charge in [-0.3, -0.25) is 4.79 Å². The number of nitrogens with zero attached hydrogens (tertiary/aromatic N) is 1. The molecule has 4 atom stereocenters. The summed E-state index contributed by atoms with van der Waals surface area (Å²) in [6.45, 7) is 19.2. The molecule has 1 N–H and O–H groups in total. The first kappa shape index (κ1) is 28.2. The number of aryl methyl sites for hydroxylation is 1. The maximum Gasteiger partial charge on any atom is 0.192 e. The average Bonchev–Trinajstić information content (AvgIpc) is 3.04. The number of Topliss-reactive ketones (excluding diaryl/α,β-unsaturated/α-hetero) is 1. The van der Waals surface area contributed by atoms with Crippen LogP contribution in [-0.2, 0) is 15.6 Å². The smallest absolute Gasteiger partial charge is 0.192 e. The fraction of sp³-hybridized carbons (Fsp3) is 0.760. The Morgan fingerprint density at radius 1 is 1.29 bits per heavy atom. The number of hydrogen-bond acceptors (Lipinski definition) is 5. The van der Waals surface area contributed by atoms with Crippen molar-refractivity contribution in [3.05, 3.63) is 28.2 Å². The lowest BCUT2D eigenvalue weighted by molar-refractivity contribution is -0.126. The Morgan fingerprint density at radius 3 is 2.45 bits per heavy atom. The normalized spacial score (nSPS) is 17.0. The number of aliphatic hydroxyl groups excluding tert-OH is 1. The first-order valence-corrected chi connectivity index (χ1v) is 15.5. The minimum Gasteiger partial charge on any atom is -0.411 e. The van der Waals surface area contributed by atoms with Crippen LogP contribution in [0.4, 0.5) is 0 Å². The third-order valence-corrected chi connectivity index (χ3v) is 11.8. The van der Waals surface area contributed by atoms with Crippen molar-refractivity contribution in [2.45, 2.75) is 111 Å². The third kappa shape index (κ3) is 9.68. The molecule has 0 saturated heterocycles. The van der Waals surface area contributed by atoms with Crippen molar-refractivity contribution in [2.24, 2.45) is 11.8 Å². The molecular formula is C25H45NO3SSi. The highest BCUT2D eigenvalue weighted by atomic mass is 32.1. The number of hydrogen-bond donors (Lipinski definition) is 1. The van der Waals surface area contributed by atoms with Crippen molar-refractivity contribution in [3.8, 4) is 0 Å². The maximum atomic E-state index is 12.9. The predicted molar refractivity (Wildman–Crippen MR) is 135 cm³/mol. The predicted octanol–water partition coefficient (Wildman–Crippen LogP) is 6.72. The first-order chi connectivity index (χ1) is 14.3. The van der Waals surface area contributed by atoms with Crippen molar-refractivity contribution < 1.29 is 14.3 Å². The van der Waals surface area contributed by atoms with Crippen molar-refractivity contribution in [1.82, 2.24) is 4.98 Å². The molecule has 1 aromatic rings. The largest absolute Gasteiger partial charge is 0.411 e. The van der Waals surface area contributed by atoms with Crippen LogP contribution in [0.15, 0.2) is 17.5 Å². The Balaban J connectivity index is 2.80. The van der Waals surface area contributed by atoms with Crippen LogP contribution >= 0.6 is 11.3 Å². The molecule has 4 nitrogen and oxygen atoms in total. The van der Waals surface area contributed by atoms with E-state index in [1.165, 1.54) is 0 Å². The van der Waals surface area contributed by atoms with Crippen molar-refractivity contribution >= 4 is 25.4 Å². The molecule has 1 heterocycles. The lowest BCUT2D eigenvalue weighted by Gasteiger charge is -2.40. The van der Waals surface area contributed by atoms with E-state index in [0.29, 0.717) is 12.3 Å². The second kappa shape index (κ2) is 12.4. The van der Waals surface area contributed by atoms with E-state index >= 15 is 0 Å². The molecule has 0 aliphatic heterocycles. The van der Waals surface area contributed by atoms with E-state index in [4.69, 9.17) is 4.43 Å². The fourth-order valence-electron chi connectivity index (χ4n) is 3.42. The quantitative estimate of drug-likeness (QED) is 0.258. The molecule has 0 amide bonds. The summed E-state index contributed by atoms with van der Waals surface area (Å²) in [7, 11) is -2.05. The number of aromatic nitrogens is 1. The van der Waals surface area contributed by atoms with Gasteiger partial charge in [0.1, 0.15) is 5.78 Å². The number of ketones is 1. The van der Waals surface area contributed by atoms with Gasteiger partial charge in [0.15, 0.2) is 8.32 Å². The summed E-state index contributed by atoms with van der Waals surface area (Å²) in [5.41, 5.74) is 0.963. The summed E-state index contributed by atoms with van der Waals surface area (Å²) in [6, 6.07) is 0. The van der Waals surface area contributed by atoms with Gasteiger partial charge in [0.25, 0.3) is 0 Å². The van der Waals surface area contributed by atoms with Crippen molar-refractivity contribution in [1.29, 1.82) is 0 Å². The van der Waals surface area contributed by atoms with Crippen LogP contribution in [0.3, 0.4) is 0 Å². The number of carbonyl (C=O) groups is 1. The van der Waals surface area contributed by atoms with Gasteiger partial charge in [-0.25, -0.2) is 4.98 Å². The van der Waals surface area contributed by atoms with Crippen LogP contribution in [0.5, 0.6) is 0 Å². The van der Waals surface area contributed by atoms with E-state index in [1.54, 1.807) is 11.3 Å².